The summed E-state index contributed by atoms with van der Waals surface area (Å²) in [5, 5.41) is 19.1. The zero-order chi connectivity index (χ0) is 13.7. The number of aryl methyl sites for hydroxylation is 1. The summed E-state index contributed by atoms with van der Waals surface area (Å²) in [6, 6.07) is 3.79. The molecule has 19 heavy (non-hydrogen) atoms. The molecule has 0 saturated carbocycles. The van der Waals surface area contributed by atoms with E-state index in [0.717, 1.165) is 12.5 Å². The Morgan fingerprint density at radius 3 is 2.95 bits per heavy atom. The van der Waals surface area contributed by atoms with E-state index in [2.05, 4.69) is 15.6 Å². The summed E-state index contributed by atoms with van der Waals surface area (Å²) in [6.07, 6.45) is 4.10. The number of hydrogen-bond donors (Lipinski definition) is 2. The largest absolute Gasteiger partial charge is 0.478 e. The van der Waals surface area contributed by atoms with Gasteiger partial charge in [0, 0.05) is 19.3 Å². The highest BCUT2D eigenvalue weighted by Crippen LogP contribution is 2.15. The first-order valence-electron chi connectivity index (χ1n) is 5.77. The van der Waals surface area contributed by atoms with Gasteiger partial charge in [-0.15, -0.1) is 5.10 Å². The molecule has 0 atom stereocenters. The van der Waals surface area contributed by atoms with Crippen molar-refractivity contribution in [2.45, 2.75) is 13.0 Å². The molecule has 0 radical (unpaired) electrons. The van der Waals surface area contributed by atoms with Crippen molar-refractivity contribution in [2.24, 2.45) is 0 Å². The molecule has 0 fully saturated rings. The fourth-order valence-electron chi connectivity index (χ4n) is 1.61. The molecule has 0 amide bonds. The minimum absolute atomic E-state index is 0.0642. The summed E-state index contributed by atoms with van der Waals surface area (Å²) in [7, 11) is 0. The number of hydrogen-bond acceptors (Lipinski definition) is 4. The minimum Gasteiger partial charge on any atom is -0.478 e. The van der Waals surface area contributed by atoms with Gasteiger partial charge in [-0.3, -0.25) is 4.68 Å². The maximum Gasteiger partial charge on any atom is 0.335 e. The van der Waals surface area contributed by atoms with Gasteiger partial charge in [-0.2, -0.15) is 0 Å². The van der Waals surface area contributed by atoms with Gasteiger partial charge in [-0.25, -0.2) is 9.18 Å². The summed E-state index contributed by atoms with van der Waals surface area (Å²) in [4.78, 5) is 10.7. The Morgan fingerprint density at radius 2 is 2.32 bits per heavy atom. The third kappa shape index (κ3) is 3.51. The minimum atomic E-state index is -1.14. The molecule has 7 heteroatoms. The molecule has 0 saturated heterocycles. The van der Waals surface area contributed by atoms with E-state index in [-0.39, 0.29) is 5.56 Å². The van der Waals surface area contributed by atoms with E-state index >= 15 is 0 Å². The number of anilines is 1. The molecule has 2 aromatic rings. The van der Waals surface area contributed by atoms with Crippen LogP contribution in [0.2, 0.25) is 0 Å². The molecule has 1 aromatic carbocycles. The Bertz CT molecular complexity index is 557. The van der Waals surface area contributed by atoms with Crippen LogP contribution in [0.25, 0.3) is 0 Å². The lowest BCUT2D eigenvalue weighted by Crippen LogP contribution is -2.09. The first-order chi connectivity index (χ1) is 9.16. The zero-order valence-electron chi connectivity index (χ0n) is 10.1. The third-order valence-electron chi connectivity index (χ3n) is 2.57. The molecule has 1 heterocycles. The number of carboxylic acid groups (broad SMARTS) is 1. The fraction of sp³-hybridized carbons (Fsp3) is 0.250. The van der Waals surface area contributed by atoms with Crippen LogP contribution in [-0.2, 0) is 6.54 Å². The maximum absolute atomic E-state index is 13.6. The molecule has 1 aromatic heterocycles. The quantitative estimate of drug-likeness (QED) is 0.775. The number of benzene rings is 1. The predicted octanol–water partition coefficient (Wildman–Crippen LogP) is 1.62. The zero-order valence-corrected chi connectivity index (χ0v) is 10.1. The van der Waals surface area contributed by atoms with Crippen LogP contribution in [0.4, 0.5) is 10.1 Å². The second-order valence-corrected chi connectivity index (χ2v) is 3.95. The van der Waals surface area contributed by atoms with E-state index in [9.17, 15) is 9.18 Å². The summed E-state index contributed by atoms with van der Waals surface area (Å²) < 4.78 is 15.2. The number of halogens is 1. The number of rotatable bonds is 6. The first-order valence-corrected chi connectivity index (χ1v) is 5.77. The Balaban J connectivity index is 1.84. The van der Waals surface area contributed by atoms with E-state index in [1.807, 2.05) is 0 Å². The highest BCUT2D eigenvalue weighted by molar-refractivity contribution is 5.88. The van der Waals surface area contributed by atoms with Crippen LogP contribution in [0.1, 0.15) is 16.8 Å². The Morgan fingerprint density at radius 1 is 1.47 bits per heavy atom. The van der Waals surface area contributed by atoms with Gasteiger partial charge in [0.05, 0.1) is 17.4 Å². The van der Waals surface area contributed by atoms with Crippen molar-refractivity contribution in [1.82, 2.24) is 15.0 Å². The molecular weight excluding hydrogens is 251 g/mol. The Labute approximate surface area is 108 Å². The lowest BCUT2D eigenvalue weighted by atomic mass is 10.2. The van der Waals surface area contributed by atoms with Gasteiger partial charge in [0.15, 0.2) is 0 Å². The number of carboxylic acids is 1. The van der Waals surface area contributed by atoms with Gasteiger partial charge in [0.1, 0.15) is 5.82 Å². The van der Waals surface area contributed by atoms with Gasteiger partial charge in [-0.1, -0.05) is 5.21 Å². The molecule has 2 rings (SSSR count). The normalized spacial score (nSPS) is 10.4. The van der Waals surface area contributed by atoms with Crippen LogP contribution in [-0.4, -0.2) is 32.6 Å². The van der Waals surface area contributed by atoms with Crippen molar-refractivity contribution in [3.8, 4) is 0 Å². The smallest absolute Gasteiger partial charge is 0.335 e. The number of carbonyl (C=O) groups is 1. The highest BCUT2D eigenvalue weighted by atomic mass is 19.1. The second-order valence-electron chi connectivity index (χ2n) is 3.95. The molecule has 6 nitrogen and oxygen atoms in total. The number of aromatic carboxylic acids is 1. The van der Waals surface area contributed by atoms with Crippen LogP contribution in [0.3, 0.4) is 0 Å². The molecule has 0 bridgehead atoms. The summed E-state index contributed by atoms with van der Waals surface area (Å²) >= 11 is 0. The lowest BCUT2D eigenvalue weighted by molar-refractivity contribution is 0.0696. The van der Waals surface area contributed by atoms with Crippen LogP contribution in [0.5, 0.6) is 0 Å². The topological polar surface area (TPSA) is 80.0 Å². The molecule has 2 N–H and O–H groups in total. The summed E-state index contributed by atoms with van der Waals surface area (Å²) in [6.45, 7) is 1.24. The Hall–Kier alpha value is -2.44. The molecular formula is C12H13FN4O2. The lowest BCUT2D eigenvalue weighted by Gasteiger charge is -2.08. The third-order valence-corrected chi connectivity index (χ3v) is 2.57. The molecule has 0 aliphatic carbocycles. The van der Waals surface area contributed by atoms with Gasteiger partial charge < -0.3 is 10.4 Å². The van der Waals surface area contributed by atoms with Gasteiger partial charge >= 0.3 is 5.97 Å². The van der Waals surface area contributed by atoms with Crippen LogP contribution in [0.15, 0.2) is 30.6 Å². The maximum atomic E-state index is 13.6. The van der Waals surface area contributed by atoms with E-state index in [1.54, 1.807) is 17.1 Å². The SMILES string of the molecule is O=C(O)c1ccc(NCCCn2ccnn2)c(F)c1. The molecule has 0 spiro atoms. The standard InChI is InChI=1S/C12H13FN4O2/c13-10-8-9(12(18)19)2-3-11(10)14-4-1-6-17-7-5-15-16-17/h2-3,5,7-8,14H,1,4,6H2,(H,18,19). The molecule has 0 aliphatic rings. The number of aromatic nitrogens is 3. The van der Waals surface area contributed by atoms with Crippen molar-refractivity contribution >= 4 is 11.7 Å². The van der Waals surface area contributed by atoms with Crippen LogP contribution in [0, 0.1) is 5.82 Å². The summed E-state index contributed by atoms with van der Waals surface area (Å²) in [5.41, 5.74) is 0.231. The van der Waals surface area contributed by atoms with Gasteiger partial charge in [0.2, 0.25) is 0 Å². The fourth-order valence-corrected chi connectivity index (χ4v) is 1.61. The average molecular weight is 264 g/mol. The van der Waals surface area contributed by atoms with E-state index in [1.165, 1.54) is 12.1 Å². The first kappa shape index (κ1) is 13.0. The van der Waals surface area contributed by atoms with Crippen molar-refractivity contribution in [3.05, 3.63) is 42.0 Å². The molecule has 0 unspecified atom stereocenters. The summed E-state index contributed by atoms with van der Waals surface area (Å²) in [5.74, 6) is -1.71. The van der Waals surface area contributed by atoms with Crippen molar-refractivity contribution in [2.75, 3.05) is 11.9 Å². The van der Waals surface area contributed by atoms with Crippen molar-refractivity contribution in [1.29, 1.82) is 0 Å². The van der Waals surface area contributed by atoms with E-state index in [4.69, 9.17) is 5.11 Å². The van der Waals surface area contributed by atoms with E-state index in [0.29, 0.717) is 18.8 Å². The van der Waals surface area contributed by atoms with E-state index < -0.39 is 11.8 Å². The Kier molecular flexibility index (Phi) is 4.07. The number of nitrogens with one attached hydrogen (secondary N) is 1. The van der Waals surface area contributed by atoms with Crippen molar-refractivity contribution < 1.29 is 14.3 Å². The molecule has 0 aliphatic heterocycles. The number of nitrogens with zero attached hydrogens (tertiary/aromatic N) is 3. The van der Waals surface area contributed by atoms with Crippen molar-refractivity contribution in [3.63, 3.8) is 0 Å². The monoisotopic (exact) mass is 264 g/mol. The highest BCUT2D eigenvalue weighted by Gasteiger charge is 2.07. The van der Waals surface area contributed by atoms with Crippen LogP contribution < -0.4 is 5.32 Å². The van der Waals surface area contributed by atoms with Gasteiger partial charge in [-0.05, 0) is 24.6 Å². The average Bonchev–Trinajstić information content (AvgIpc) is 2.89. The van der Waals surface area contributed by atoms with Gasteiger partial charge in [0.25, 0.3) is 0 Å². The molecule has 100 valence electrons. The second kappa shape index (κ2) is 5.94. The predicted molar refractivity (Wildman–Crippen MR) is 66.5 cm³/mol. The van der Waals surface area contributed by atoms with Crippen LogP contribution >= 0.6 is 0 Å².